The summed E-state index contributed by atoms with van der Waals surface area (Å²) in [7, 11) is 0. The minimum absolute atomic E-state index is 0.00522. The Morgan fingerprint density at radius 1 is 1.30 bits per heavy atom. The van der Waals surface area contributed by atoms with Gasteiger partial charge >= 0.3 is 0 Å². The highest BCUT2D eigenvalue weighted by atomic mass is 35.5. The second kappa shape index (κ2) is 5.72. The Morgan fingerprint density at radius 3 is 2.65 bits per heavy atom. The fraction of sp³-hybridized carbons (Fsp3) is 0.0667. The first-order valence-corrected chi connectivity index (χ1v) is 6.16. The van der Waals surface area contributed by atoms with Gasteiger partial charge in [-0.05, 0) is 42.8 Å². The summed E-state index contributed by atoms with van der Waals surface area (Å²) in [5.41, 5.74) is 1.39. The number of hydrogen-bond acceptors (Lipinski definition) is 2. The first kappa shape index (κ1) is 14.0. The van der Waals surface area contributed by atoms with Gasteiger partial charge in [-0.15, -0.1) is 0 Å². The molecule has 0 aliphatic carbocycles. The summed E-state index contributed by atoms with van der Waals surface area (Å²) in [5, 5.41) is 11.4. The van der Waals surface area contributed by atoms with E-state index < -0.39 is 11.7 Å². The molecule has 0 saturated heterocycles. The summed E-state index contributed by atoms with van der Waals surface area (Å²) in [6, 6.07) is 10.6. The SMILES string of the molecule is Cc1ccc(C(=O)Nc2ccc(C#N)cc2F)c(Cl)c1. The molecule has 5 heteroatoms. The van der Waals surface area contributed by atoms with Gasteiger partial charge in [0.15, 0.2) is 0 Å². The van der Waals surface area contributed by atoms with Crippen molar-refractivity contribution in [3.05, 3.63) is 63.9 Å². The number of hydrogen-bond donors (Lipinski definition) is 1. The lowest BCUT2D eigenvalue weighted by molar-refractivity contribution is 0.102. The maximum atomic E-state index is 13.7. The number of halogens is 2. The zero-order valence-corrected chi connectivity index (χ0v) is 11.3. The van der Waals surface area contributed by atoms with Gasteiger partial charge in [0.05, 0.1) is 27.9 Å². The summed E-state index contributed by atoms with van der Waals surface area (Å²) in [4.78, 5) is 12.0. The molecule has 0 atom stereocenters. The number of nitrogens with one attached hydrogen (secondary N) is 1. The van der Waals surface area contributed by atoms with E-state index in [-0.39, 0.29) is 16.8 Å². The van der Waals surface area contributed by atoms with Gasteiger partial charge in [-0.1, -0.05) is 17.7 Å². The molecule has 0 unspecified atom stereocenters. The highest BCUT2D eigenvalue weighted by molar-refractivity contribution is 6.34. The third kappa shape index (κ3) is 2.95. The van der Waals surface area contributed by atoms with E-state index >= 15 is 0 Å². The standard InChI is InChI=1S/C15H10ClFN2O/c1-9-2-4-11(12(16)6-9)15(20)19-14-5-3-10(8-18)7-13(14)17/h2-7H,1H3,(H,19,20). The molecule has 0 aliphatic heterocycles. The first-order valence-electron chi connectivity index (χ1n) is 5.78. The lowest BCUT2D eigenvalue weighted by Gasteiger charge is -2.08. The predicted octanol–water partition coefficient (Wildman–Crippen LogP) is 3.91. The number of carbonyl (C=O) groups excluding carboxylic acids is 1. The predicted molar refractivity (Wildman–Crippen MR) is 75.3 cm³/mol. The van der Waals surface area contributed by atoms with Gasteiger partial charge in [0, 0.05) is 0 Å². The third-order valence-electron chi connectivity index (χ3n) is 2.72. The van der Waals surface area contributed by atoms with Crippen LogP contribution < -0.4 is 5.32 Å². The molecule has 2 aromatic carbocycles. The van der Waals surface area contributed by atoms with Gasteiger partial charge in [-0.2, -0.15) is 5.26 Å². The molecule has 0 bridgehead atoms. The van der Waals surface area contributed by atoms with Crippen molar-refractivity contribution in [1.82, 2.24) is 0 Å². The average Bonchev–Trinajstić information content (AvgIpc) is 2.40. The maximum Gasteiger partial charge on any atom is 0.257 e. The van der Waals surface area contributed by atoms with Crippen molar-refractivity contribution in [2.45, 2.75) is 6.92 Å². The van der Waals surface area contributed by atoms with Crippen LogP contribution >= 0.6 is 11.6 Å². The Balaban J connectivity index is 2.26. The smallest absolute Gasteiger partial charge is 0.257 e. The monoisotopic (exact) mass is 288 g/mol. The summed E-state index contributed by atoms with van der Waals surface area (Å²) in [6.07, 6.45) is 0. The van der Waals surface area contributed by atoms with E-state index in [1.54, 1.807) is 18.2 Å². The van der Waals surface area contributed by atoms with E-state index in [4.69, 9.17) is 16.9 Å². The van der Waals surface area contributed by atoms with Gasteiger partial charge < -0.3 is 5.32 Å². The number of rotatable bonds is 2. The number of carbonyl (C=O) groups is 1. The van der Waals surface area contributed by atoms with Crippen molar-refractivity contribution in [1.29, 1.82) is 5.26 Å². The zero-order valence-electron chi connectivity index (χ0n) is 10.6. The maximum absolute atomic E-state index is 13.7. The zero-order chi connectivity index (χ0) is 14.7. The van der Waals surface area contributed by atoms with Gasteiger partial charge in [0.25, 0.3) is 5.91 Å². The largest absolute Gasteiger partial charge is 0.319 e. The molecule has 1 N–H and O–H groups in total. The van der Waals surface area contributed by atoms with E-state index in [9.17, 15) is 9.18 Å². The molecule has 2 aromatic rings. The van der Waals surface area contributed by atoms with Gasteiger partial charge in [-0.3, -0.25) is 4.79 Å². The molecular formula is C15H10ClFN2O. The lowest BCUT2D eigenvalue weighted by atomic mass is 10.1. The molecule has 0 radical (unpaired) electrons. The van der Waals surface area contributed by atoms with E-state index in [0.717, 1.165) is 11.6 Å². The van der Waals surface area contributed by atoms with Crippen LogP contribution in [0.3, 0.4) is 0 Å². The number of anilines is 1. The molecule has 0 aliphatic rings. The molecule has 20 heavy (non-hydrogen) atoms. The molecule has 0 spiro atoms. The third-order valence-corrected chi connectivity index (χ3v) is 3.03. The van der Waals surface area contributed by atoms with E-state index in [1.807, 2.05) is 13.0 Å². The Bertz CT molecular complexity index is 722. The van der Waals surface area contributed by atoms with E-state index in [0.29, 0.717) is 5.02 Å². The van der Waals surface area contributed by atoms with E-state index in [1.165, 1.54) is 12.1 Å². The summed E-state index contributed by atoms with van der Waals surface area (Å²) in [5.74, 6) is -1.17. The Hall–Kier alpha value is -2.38. The van der Waals surface area contributed by atoms with Gasteiger partial charge in [0.1, 0.15) is 5.82 Å². The highest BCUT2D eigenvalue weighted by Crippen LogP contribution is 2.21. The van der Waals surface area contributed by atoms with Gasteiger partial charge in [-0.25, -0.2) is 4.39 Å². The summed E-state index contributed by atoms with van der Waals surface area (Å²) >= 11 is 5.98. The molecule has 3 nitrogen and oxygen atoms in total. The first-order chi connectivity index (χ1) is 9.51. The Kier molecular flexibility index (Phi) is 4.02. The summed E-state index contributed by atoms with van der Waals surface area (Å²) < 4.78 is 13.7. The van der Waals surface area contributed by atoms with Crippen molar-refractivity contribution in [3.8, 4) is 6.07 Å². The van der Waals surface area contributed by atoms with Crippen LogP contribution in [0.5, 0.6) is 0 Å². The van der Waals surface area contributed by atoms with Crippen LogP contribution in [0.25, 0.3) is 0 Å². The molecule has 0 aromatic heterocycles. The van der Waals surface area contributed by atoms with Crippen LogP contribution in [-0.4, -0.2) is 5.91 Å². The number of amides is 1. The normalized spacial score (nSPS) is 9.90. The molecule has 100 valence electrons. The number of nitriles is 1. The number of aryl methyl sites for hydroxylation is 1. The fourth-order valence-electron chi connectivity index (χ4n) is 1.68. The van der Waals surface area contributed by atoms with Crippen LogP contribution in [-0.2, 0) is 0 Å². The number of nitrogens with zero attached hydrogens (tertiary/aromatic N) is 1. The van der Waals surface area contributed by atoms with Crippen molar-refractivity contribution in [3.63, 3.8) is 0 Å². The molecule has 0 saturated carbocycles. The molecule has 0 fully saturated rings. The second-order valence-corrected chi connectivity index (χ2v) is 4.65. The quantitative estimate of drug-likeness (QED) is 0.911. The molecule has 1 amide bonds. The number of benzene rings is 2. The van der Waals surface area contributed by atoms with Gasteiger partial charge in [0.2, 0.25) is 0 Å². The van der Waals surface area contributed by atoms with Crippen molar-refractivity contribution in [2.75, 3.05) is 5.32 Å². The Labute approximate surface area is 120 Å². The molecular weight excluding hydrogens is 279 g/mol. The highest BCUT2D eigenvalue weighted by Gasteiger charge is 2.13. The van der Waals surface area contributed by atoms with E-state index in [2.05, 4.69) is 5.32 Å². The molecule has 2 rings (SSSR count). The fourth-order valence-corrected chi connectivity index (χ4v) is 2.00. The van der Waals surface area contributed by atoms with Crippen LogP contribution in [0.4, 0.5) is 10.1 Å². The van der Waals surface area contributed by atoms with Crippen LogP contribution in [0, 0.1) is 24.1 Å². The van der Waals surface area contributed by atoms with Crippen LogP contribution in [0.1, 0.15) is 21.5 Å². The minimum atomic E-state index is -0.666. The van der Waals surface area contributed by atoms with Crippen molar-refractivity contribution in [2.24, 2.45) is 0 Å². The van der Waals surface area contributed by atoms with Crippen LogP contribution in [0.15, 0.2) is 36.4 Å². The minimum Gasteiger partial charge on any atom is -0.319 e. The van der Waals surface area contributed by atoms with Crippen LogP contribution in [0.2, 0.25) is 5.02 Å². The Morgan fingerprint density at radius 2 is 2.05 bits per heavy atom. The summed E-state index contributed by atoms with van der Waals surface area (Å²) in [6.45, 7) is 1.86. The topological polar surface area (TPSA) is 52.9 Å². The lowest BCUT2D eigenvalue weighted by Crippen LogP contribution is -2.13. The second-order valence-electron chi connectivity index (χ2n) is 4.24. The van der Waals surface area contributed by atoms with Crippen molar-refractivity contribution < 1.29 is 9.18 Å². The van der Waals surface area contributed by atoms with Crippen molar-refractivity contribution >= 4 is 23.2 Å². The average molecular weight is 289 g/mol. The molecule has 0 heterocycles.